The highest BCUT2D eigenvalue weighted by atomic mass is 35.5. The summed E-state index contributed by atoms with van der Waals surface area (Å²) < 4.78 is 18.4. The predicted octanol–water partition coefficient (Wildman–Crippen LogP) is 2.39. The Morgan fingerprint density at radius 3 is 3.06 bits per heavy atom. The maximum absolute atomic E-state index is 12.9. The minimum atomic E-state index is -0.440. The van der Waals surface area contributed by atoms with Crippen molar-refractivity contribution in [2.45, 2.75) is 25.0 Å². The topological polar surface area (TPSA) is 38.3 Å². The molecule has 1 N–H and O–H groups in total. The SMILES string of the molecule is O=C(N[C@H]1C[C@@H]2OCC[C@H]12)c1ccc(F)cc1Cl. The molecule has 96 valence electrons. The molecule has 1 saturated heterocycles. The Morgan fingerprint density at radius 1 is 1.50 bits per heavy atom. The summed E-state index contributed by atoms with van der Waals surface area (Å²) in [7, 11) is 0. The quantitative estimate of drug-likeness (QED) is 0.895. The van der Waals surface area contributed by atoms with Crippen LogP contribution in [0.1, 0.15) is 23.2 Å². The number of hydrogen-bond donors (Lipinski definition) is 1. The standard InChI is InChI=1S/C13H13ClFNO2/c14-10-5-7(15)1-2-8(10)13(17)16-11-6-12-9(11)3-4-18-12/h1-2,5,9,11-12H,3-4,6H2,(H,16,17)/t9-,11+,12+/m1/s1. The molecule has 1 saturated carbocycles. The Bertz CT molecular complexity index is 494. The van der Waals surface area contributed by atoms with Crippen LogP contribution in [-0.2, 0) is 4.74 Å². The molecule has 18 heavy (non-hydrogen) atoms. The zero-order chi connectivity index (χ0) is 12.7. The molecule has 0 radical (unpaired) electrons. The minimum Gasteiger partial charge on any atom is -0.378 e. The lowest BCUT2D eigenvalue weighted by molar-refractivity contribution is 0.00810. The van der Waals surface area contributed by atoms with Gasteiger partial charge in [-0.3, -0.25) is 4.79 Å². The van der Waals surface area contributed by atoms with Gasteiger partial charge in [0.25, 0.3) is 5.91 Å². The van der Waals surface area contributed by atoms with Gasteiger partial charge in [0.15, 0.2) is 0 Å². The Hall–Kier alpha value is -1.13. The van der Waals surface area contributed by atoms with Gasteiger partial charge in [0.2, 0.25) is 0 Å². The average molecular weight is 270 g/mol. The monoisotopic (exact) mass is 269 g/mol. The third kappa shape index (κ3) is 1.99. The second-order valence-corrected chi connectivity index (χ2v) is 5.21. The summed E-state index contributed by atoms with van der Waals surface area (Å²) in [4.78, 5) is 12.0. The summed E-state index contributed by atoms with van der Waals surface area (Å²) in [5.41, 5.74) is 0.320. The summed E-state index contributed by atoms with van der Waals surface area (Å²) >= 11 is 5.85. The van der Waals surface area contributed by atoms with Crippen LogP contribution in [0.5, 0.6) is 0 Å². The predicted molar refractivity (Wildman–Crippen MR) is 65.1 cm³/mol. The van der Waals surface area contributed by atoms with Crippen molar-refractivity contribution in [1.29, 1.82) is 0 Å². The second kappa shape index (κ2) is 4.52. The van der Waals surface area contributed by atoms with Gasteiger partial charge in [0.1, 0.15) is 5.82 Å². The minimum absolute atomic E-state index is 0.144. The van der Waals surface area contributed by atoms with Crippen LogP contribution >= 0.6 is 11.6 Å². The average Bonchev–Trinajstić information content (AvgIpc) is 2.67. The van der Waals surface area contributed by atoms with Crippen molar-refractivity contribution in [3.05, 3.63) is 34.6 Å². The van der Waals surface area contributed by atoms with Crippen molar-refractivity contribution in [3.63, 3.8) is 0 Å². The van der Waals surface area contributed by atoms with Gasteiger partial charge in [-0.1, -0.05) is 11.6 Å². The molecule has 1 amide bonds. The first-order valence-electron chi connectivity index (χ1n) is 6.02. The molecule has 3 nitrogen and oxygen atoms in total. The van der Waals surface area contributed by atoms with Crippen molar-refractivity contribution < 1.29 is 13.9 Å². The molecule has 1 aliphatic heterocycles. The van der Waals surface area contributed by atoms with Gasteiger partial charge < -0.3 is 10.1 Å². The van der Waals surface area contributed by atoms with E-state index in [0.717, 1.165) is 25.5 Å². The molecule has 3 atom stereocenters. The van der Waals surface area contributed by atoms with Crippen LogP contribution in [-0.4, -0.2) is 24.7 Å². The maximum atomic E-state index is 12.9. The number of ether oxygens (including phenoxy) is 1. The third-order valence-corrected chi connectivity index (χ3v) is 4.07. The number of benzene rings is 1. The van der Waals surface area contributed by atoms with Crippen LogP contribution in [0.4, 0.5) is 4.39 Å². The van der Waals surface area contributed by atoms with E-state index in [-0.39, 0.29) is 17.0 Å². The molecule has 2 aliphatic rings. The maximum Gasteiger partial charge on any atom is 0.253 e. The highest BCUT2D eigenvalue weighted by Crippen LogP contribution is 2.38. The van der Waals surface area contributed by atoms with Crippen LogP contribution in [0.25, 0.3) is 0 Å². The number of carbonyl (C=O) groups is 1. The fourth-order valence-corrected chi connectivity index (χ4v) is 2.94. The Morgan fingerprint density at radius 2 is 2.33 bits per heavy atom. The van der Waals surface area contributed by atoms with Crippen LogP contribution in [0, 0.1) is 11.7 Å². The molecule has 3 rings (SSSR count). The molecular weight excluding hydrogens is 257 g/mol. The van der Waals surface area contributed by atoms with E-state index in [4.69, 9.17) is 16.3 Å². The van der Waals surface area contributed by atoms with Crippen molar-refractivity contribution in [1.82, 2.24) is 5.32 Å². The number of carbonyl (C=O) groups excluding carboxylic acids is 1. The molecule has 2 fully saturated rings. The number of hydrogen-bond acceptors (Lipinski definition) is 2. The van der Waals surface area contributed by atoms with E-state index in [2.05, 4.69) is 5.32 Å². The summed E-state index contributed by atoms with van der Waals surface area (Å²) in [6.07, 6.45) is 2.15. The lowest BCUT2D eigenvalue weighted by atomic mass is 9.76. The number of fused-ring (bicyclic) bond motifs is 1. The molecule has 1 aromatic rings. The van der Waals surface area contributed by atoms with Crippen LogP contribution in [0.15, 0.2) is 18.2 Å². The second-order valence-electron chi connectivity index (χ2n) is 4.80. The Labute approximate surface area is 109 Å². The van der Waals surface area contributed by atoms with Gasteiger partial charge in [-0.15, -0.1) is 0 Å². The first kappa shape index (κ1) is 11.9. The van der Waals surface area contributed by atoms with Crippen molar-refractivity contribution in [3.8, 4) is 0 Å². The largest absolute Gasteiger partial charge is 0.378 e. The summed E-state index contributed by atoms with van der Waals surface area (Å²) in [5, 5.41) is 3.08. The molecular formula is C13H13ClFNO2. The summed E-state index contributed by atoms with van der Waals surface area (Å²) in [5.74, 6) is -0.257. The molecule has 0 spiro atoms. The third-order valence-electron chi connectivity index (χ3n) is 3.76. The summed E-state index contributed by atoms with van der Waals surface area (Å²) in [6, 6.07) is 3.96. The van der Waals surface area contributed by atoms with Crippen LogP contribution in [0.2, 0.25) is 5.02 Å². The van der Waals surface area contributed by atoms with Gasteiger partial charge in [-0.05, 0) is 31.0 Å². The summed E-state index contributed by atoms with van der Waals surface area (Å²) in [6.45, 7) is 0.777. The van der Waals surface area contributed by atoms with Crippen LogP contribution in [0.3, 0.4) is 0 Å². The number of halogens is 2. The number of nitrogens with one attached hydrogen (secondary N) is 1. The van der Waals surface area contributed by atoms with E-state index >= 15 is 0 Å². The van der Waals surface area contributed by atoms with Crippen LogP contribution < -0.4 is 5.32 Å². The lowest BCUT2D eigenvalue weighted by Crippen LogP contribution is -2.53. The number of amides is 1. The van der Waals surface area contributed by atoms with Gasteiger partial charge in [-0.25, -0.2) is 4.39 Å². The molecule has 5 heteroatoms. The molecule has 0 aromatic heterocycles. The molecule has 1 aromatic carbocycles. The molecule has 1 aliphatic carbocycles. The van der Waals surface area contributed by atoms with Gasteiger partial charge in [0.05, 0.1) is 16.7 Å². The zero-order valence-electron chi connectivity index (χ0n) is 9.66. The zero-order valence-corrected chi connectivity index (χ0v) is 10.4. The fourth-order valence-electron chi connectivity index (χ4n) is 2.68. The van der Waals surface area contributed by atoms with Crippen molar-refractivity contribution in [2.75, 3.05) is 6.61 Å². The lowest BCUT2D eigenvalue weighted by Gasteiger charge is -2.39. The van der Waals surface area contributed by atoms with Gasteiger partial charge >= 0.3 is 0 Å². The normalized spacial score (nSPS) is 29.6. The molecule has 0 unspecified atom stereocenters. The van der Waals surface area contributed by atoms with E-state index in [1.165, 1.54) is 12.1 Å². The highest BCUT2D eigenvalue weighted by Gasteiger charge is 2.45. The van der Waals surface area contributed by atoms with Gasteiger partial charge in [0, 0.05) is 18.6 Å². The smallest absolute Gasteiger partial charge is 0.253 e. The van der Waals surface area contributed by atoms with E-state index in [1.807, 2.05) is 0 Å². The first-order chi connectivity index (χ1) is 8.65. The number of rotatable bonds is 2. The van der Waals surface area contributed by atoms with E-state index < -0.39 is 5.82 Å². The van der Waals surface area contributed by atoms with E-state index in [0.29, 0.717) is 17.6 Å². The molecule has 0 bridgehead atoms. The van der Waals surface area contributed by atoms with Crippen molar-refractivity contribution >= 4 is 17.5 Å². The highest BCUT2D eigenvalue weighted by molar-refractivity contribution is 6.33. The van der Waals surface area contributed by atoms with Gasteiger partial charge in [-0.2, -0.15) is 0 Å². The fraction of sp³-hybridized carbons (Fsp3) is 0.462. The first-order valence-corrected chi connectivity index (χ1v) is 6.40. The molecule has 1 heterocycles. The Balaban J connectivity index is 1.68. The van der Waals surface area contributed by atoms with E-state index in [9.17, 15) is 9.18 Å². The Kier molecular flexibility index (Phi) is 2.99. The van der Waals surface area contributed by atoms with E-state index in [1.54, 1.807) is 0 Å². The van der Waals surface area contributed by atoms with Crippen molar-refractivity contribution in [2.24, 2.45) is 5.92 Å².